The number of likely N-dealkylation sites (tertiary alicyclic amines) is 1. The largest absolute Gasteiger partial charge is 0.481 e. The summed E-state index contributed by atoms with van der Waals surface area (Å²) in [5.74, 6) is -0.653. The van der Waals surface area contributed by atoms with Crippen LogP contribution in [0.25, 0.3) is 0 Å². The predicted molar refractivity (Wildman–Crippen MR) is 119 cm³/mol. The first-order valence-corrected chi connectivity index (χ1v) is 12.1. The Morgan fingerprint density at radius 3 is 1.33 bits per heavy atom. The SMILES string of the molecule is CCCCCCCCCCCCCCCCCC(=O)O.CN1CCCCC1. The van der Waals surface area contributed by atoms with E-state index in [2.05, 4.69) is 18.9 Å². The molecule has 1 aliphatic rings. The molecular formula is C24H49NO2. The minimum absolute atomic E-state index is 0.345. The van der Waals surface area contributed by atoms with E-state index in [1.54, 1.807) is 0 Å². The number of aliphatic carboxylic acids is 1. The molecular weight excluding hydrogens is 334 g/mol. The van der Waals surface area contributed by atoms with Gasteiger partial charge in [-0.1, -0.05) is 103 Å². The van der Waals surface area contributed by atoms with Crippen LogP contribution < -0.4 is 0 Å². The van der Waals surface area contributed by atoms with Gasteiger partial charge in [0.2, 0.25) is 0 Å². The molecule has 0 radical (unpaired) electrons. The van der Waals surface area contributed by atoms with E-state index in [0.717, 1.165) is 12.8 Å². The molecule has 0 saturated carbocycles. The average Bonchev–Trinajstić information content (AvgIpc) is 2.66. The van der Waals surface area contributed by atoms with Crippen molar-refractivity contribution in [2.45, 2.75) is 129 Å². The summed E-state index contributed by atoms with van der Waals surface area (Å²) in [4.78, 5) is 12.7. The fraction of sp³-hybridized carbons (Fsp3) is 0.958. The molecule has 1 saturated heterocycles. The van der Waals surface area contributed by atoms with Crippen LogP contribution in [0.4, 0.5) is 0 Å². The topological polar surface area (TPSA) is 40.5 Å². The van der Waals surface area contributed by atoms with E-state index in [9.17, 15) is 4.79 Å². The molecule has 0 aromatic rings. The van der Waals surface area contributed by atoms with E-state index in [4.69, 9.17) is 5.11 Å². The number of unbranched alkanes of at least 4 members (excludes halogenated alkanes) is 14. The van der Waals surface area contributed by atoms with Crippen molar-refractivity contribution in [1.82, 2.24) is 4.90 Å². The Kier molecular flexibility index (Phi) is 21.3. The number of carboxylic acids is 1. The maximum absolute atomic E-state index is 10.3. The van der Waals surface area contributed by atoms with Gasteiger partial charge in [0.15, 0.2) is 0 Å². The van der Waals surface area contributed by atoms with Crippen molar-refractivity contribution in [3.05, 3.63) is 0 Å². The van der Waals surface area contributed by atoms with Crippen molar-refractivity contribution in [3.8, 4) is 0 Å². The van der Waals surface area contributed by atoms with E-state index in [1.807, 2.05) is 0 Å². The zero-order chi connectivity index (χ0) is 20.0. The highest BCUT2D eigenvalue weighted by atomic mass is 16.4. The lowest BCUT2D eigenvalue weighted by Gasteiger charge is -2.20. The Bertz CT molecular complexity index is 301. The summed E-state index contributed by atoms with van der Waals surface area (Å²) in [6.07, 6.45) is 24.5. The third kappa shape index (κ3) is 23.4. The lowest BCUT2D eigenvalue weighted by molar-refractivity contribution is -0.137. The third-order valence-corrected chi connectivity index (χ3v) is 5.57. The summed E-state index contributed by atoms with van der Waals surface area (Å²) in [6.45, 7) is 4.91. The molecule has 0 aromatic heterocycles. The maximum atomic E-state index is 10.3. The van der Waals surface area contributed by atoms with Gasteiger partial charge in [-0.25, -0.2) is 0 Å². The smallest absolute Gasteiger partial charge is 0.303 e. The Balaban J connectivity index is 0.000000797. The zero-order valence-electron chi connectivity index (χ0n) is 18.7. The van der Waals surface area contributed by atoms with E-state index in [-0.39, 0.29) is 0 Å². The van der Waals surface area contributed by atoms with Gasteiger partial charge in [-0.15, -0.1) is 0 Å². The van der Waals surface area contributed by atoms with Crippen molar-refractivity contribution in [2.24, 2.45) is 0 Å². The summed E-state index contributed by atoms with van der Waals surface area (Å²) >= 11 is 0. The van der Waals surface area contributed by atoms with Crippen molar-refractivity contribution in [1.29, 1.82) is 0 Å². The van der Waals surface area contributed by atoms with Crippen molar-refractivity contribution >= 4 is 5.97 Å². The monoisotopic (exact) mass is 383 g/mol. The van der Waals surface area contributed by atoms with Crippen LogP contribution in [0.2, 0.25) is 0 Å². The second-order valence-corrected chi connectivity index (χ2v) is 8.46. The number of carboxylic acid groups (broad SMARTS) is 1. The van der Waals surface area contributed by atoms with E-state index >= 15 is 0 Å². The molecule has 1 aliphatic heterocycles. The Hall–Kier alpha value is -0.570. The fourth-order valence-electron chi connectivity index (χ4n) is 3.70. The van der Waals surface area contributed by atoms with Gasteiger partial charge in [0.25, 0.3) is 0 Å². The van der Waals surface area contributed by atoms with Crippen LogP contribution in [0.5, 0.6) is 0 Å². The quantitative estimate of drug-likeness (QED) is 0.282. The molecule has 0 unspecified atom stereocenters. The van der Waals surface area contributed by atoms with E-state index in [0.29, 0.717) is 6.42 Å². The van der Waals surface area contributed by atoms with Gasteiger partial charge in [0, 0.05) is 6.42 Å². The molecule has 0 aromatic carbocycles. The van der Waals surface area contributed by atoms with Crippen molar-refractivity contribution < 1.29 is 9.90 Å². The maximum Gasteiger partial charge on any atom is 0.303 e. The van der Waals surface area contributed by atoms with Gasteiger partial charge in [0.1, 0.15) is 0 Å². The number of piperidine rings is 1. The molecule has 0 amide bonds. The van der Waals surface area contributed by atoms with Crippen molar-refractivity contribution in [2.75, 3.05) is 20.1 Å². The molecule has 3 heteroatoms. The molecule has 3 nitrogen and oxygen atoms in total. The molecule has 1 N–H and O–H groups in total. The molecule has 0 bridgehead atoms. The summed E-state index contributed by atoms with van der Waals surface area (Å²) in [5.41, 5.74) is 0. The van der Waals surface area contributed by atoms with Crippen LogP contribution in [0.3, 0.4) is 0 Å². The lowest BCUT2D eigenvalue weighted by Crippen LogP contribution is -2.24. The van der Waals surface area contributed by atoms with Crippen LogP contribution in [0.1, 0.15) is 129 Å². The minimum atomic E-state index is -0.653. The molecule has 1 fully saturated rings. The number of nitrogens with zero attached hydrogens (tertiary/aromatic N) is 1. The van der Waals surface area contributed by atoms with Gasteiger partial charge in [0.05, 0.1) is 0 Å². The van der Waals surface area contributed by atoms with Gasteiger partial charge in [-0.05, 0) is 39.4 Å². The second kappa shape index (κ2) is 21.7. The standard InChI is InChI=1S/C18H36O2.C6H13N/c1-2-3-4-5-6-7-8-9-10-11-12-13-14-15-16-17-18(19)20;1-7-5-3-2-4-6-7/h2-17H2,1H3,(H,19,20);2-6H2,1H3. The van der Waals surface area contributed by atoms with Crippen LogP contribution in [0.15, 0.2) is 0 Å². The first-order chi connectivity index (χ1) is 13.2. The number of hydrogen-bond donors (Lipinski definition) is 1. The van der Waals surface area contributed by atoms with Gasteiger partial charge >= 0.3 is 5.97 Å². The molecule has 1 heterocycles. The first kappa shape index (κ1) is 26.4. The summed E-state index contributed by atoms with van der Waals surface area (Å²) in [6, 6.07) is 0. The number of carbonyl (C=O) groups is 1. The summed E-state index contributed by atoms with van der Waals surface area (Å²) in [5, 5.41) is 8.52. The van der Waals surface area contributed by atoms with E-state index in [1.165, 1.54) is 116 Å². The van der Waals surface area contributed by atoms with Crippen LogP contribution in [-0.4, -0.2) is 36.1 Å². The molecule has 0 atom stereocenters. The summed E-state index contributed by atoms with van der Waals surface area (Å²) in [7, 11) is 2.19. The van der Waals surface area contributed by atoms with Gasteiger partial charge < -0.3 is 10.0 Å². The van der Waals surface area contributed by atoms with Gasteiger partial charge in [-0.2, -0.15) is 0 Å². The number of rotatable bonds is 16. The third-order valence-electron chi connectivity index (χ3n) is 5.57. The average molecular weight is 384 g/mol. The highest BCUT2D eigenvalue weighted by molar-refractivity contribution is 5.66. The number of hydrogen-bond acceptors (Lipinski definition) is 2. The van der Waals surface area contributed by atoms with Crippen molar-refractivity contribution in [3.63, 3.8) is 0 Å². The molecule has 27 heavy (non-hydrogen) atoms. The second-order valence-electron chi connectivity index (χ2n) is 8.46. The first-order valence-electron chi connectivity index (χ1n) is 12.1. The fourth-order valence-corrected chi connectivity index (χ4v) is 3.70. The van der Waals surface area contributed by atoms with Crippen LogP contribution in [0, 0.1) is 0 Å². The van der Waals surface area contributed by atoms with Crippen LogP contribution in [-0.2, 0) is 4.79 Å². The van der Waals surface area contributed by atoms with Crippen LogP contribution >= 0.6 is 0 Å². The highest BCUT2D eigenvalue weighted by Crippen LogP contribution is 2.13. The Morgan fingerprint density at radius 2 is 1.04 bits per heavy atom. The Morgan fingerprint density at radius 1 is 0.667 bits per heavy atom. The molecule has 0 spiro atoms. The normalized spacial score (nSPS) is 14.6. The molecule has 1 rings (SSSR count). The molecule has 162 valence electrons. The Labute approximate surface area is 170 Å². The van der Waals surface area contributed by atoms with E-state index < -0.39 is 5.97 Å². The summed E-state index contributed by atoms with van der Waals surface area (Å²) < 4.78 is 0. The van der Waals surface area contributed by atoms with Gasteiger partial charge in [-0.3, -0.25) is 4.79 Å². The minimum Gasteiger partial charge on any atom is -0.481 e. The predicted octanol–water partition coefficient (Wildman–Crippen LogP) is 7.43. The lowest BCUT2D eigenvalue weighted by atomic mass is 10.0. The molecule has 0 aliphatic carbocycles. The zero-order valence-corrected chi connectivity index (χ0v) is 18.7. The highest BCUT2D eigenvalue weighted by Gasteiger charge is 2.02.